The molecule has 0 saturated carbocycles. The fourth-order valence-electron chi connectivity index (χ4n) is 1.76. The number of aryl methyl sites for hydroxylation is 1. The highest BCUT2D eigenvalue weighted by Crippen LogP contribution is 2.21. The van der Waals surface area contributed by atoms with E-state index in [0.717, 1.165) is 23.6 Å². The van der Waals surface area contributed by atoms with E-state index in [1.54, 1.807) is 0 Å². The van der Waals surface area contributed by atoms with Crippen LogP contribution in [0.25, 0.3) is 0 Å². The standard InChI is InChI=1S/C15H24ClNO/c1-5-8-17-15(10-18-11(2)3)13-6-7-14(16)12(4)9-13/h6-7,9,11,15,17H,5,8,10H2,1-4H3. The number of ether oxygens (including phenoxy) is 1. The van der Waals surface area contributed by atoms with Gasteiger partial charge in [0.2, 0.25) is 0 Å². The molecule has 1 aromatic rings. The fraction of sp³-hybridized carbons (Fsp3) is 0.600. The predicted molar refractivity (Wildman–Crippen MR) is 78.3 cm³/mol. The zero-order valence-corrected chi connectivity index (χ0v) is 12.6. The van der Waals surface area contributed by atoms with E-state index in [1.807, 2.05) is 13.0 Å². The van der Waals surface area contributed by atoms with Gasteiger partial charge in [0.1, 0.15) is 0 Å². The maximum Gasteiger partial charge on any atom is 0.0664 e. The molecule has 0 saturated heterocycles. The normalized spacial score (nSPS) is 13.0. The van der Waals surface area contributed by atoms with Crippen LogP contribution in [0.5, 0.6) is 0 Å². The summed E-state index contributed by atoms with van der Waals surface area (Å²) < 4.78 is 5.73. The van der Waals surface area contributed by atoms with Gasteiger partial charge in [0.05, 0.1) is 18.8 Å². The van der Waals surface area contributed by atoms with Crippen molar-refractivity contribution in [3.05, 3.63) is 34.3 Å². The third kappa shape index (κ3) is 4.97. The van der Waals surface area contributed by atoms with E-state index in [4.69, 9.17) is 16.3 Å². The Morgan fingerprint density at radius 1 is 1.33 bits per heavy atom. The van der Waals surface area contributed by atoms with Gasteiger partial charge in [0.15, 0.2) is 0 Å². The number of rotatable bonds is 7. The minimum Gasteiger partial charge on any atom is -0.377 e. The lowest BCUT2D eigenvalue weighted by Crippen LogP contribution is -2.27. The Kier molecular flexibility index (Phi) is 6.69. The SMILES string of the molecule is CCCNC(COC(C)C)c1ccc(Cl)c(C)c1. The third-order valence-electron chi connectivity index (χ3n) is 2.82. The second-order valence-corrected chi connectivity index (χ2v) is 5.30. The molecule has 1 aromatic carbocycles. The van der Waals surface area contributed by atoms with Crippen molar-refractivity contribution in [1.29, 1.82) is 0 Å². The second kappa shape index (κ2) is 7.78. The van der Waals surface area contributed by atoms with Crippen LogP contribution in [0.1, 0.15) is 44.4 Å². The summed E-state index contributed by atoms with van der Waals surface area (Å²) in [5, 5.41) is 4.34. The topological polar surface area (TPSA) is 21.3 Å². The molecule has 102 valence electrons. The van der Waals surface area contributed by atoms with Crippen LogP contribution in [0.3, 0.4) is 0 Å². The highest BCUT2D eigenvalue weighted by Gasteiger charge is 2.12. The summed E-state index contributed by atoms with van der Waals surface area (Å²) in [5.74, 6) is 0. The fourth-order valence-corrected chi connectivity index (χ4v) is 1.88. The van der Waals surface area contributed by atoms with Crippen molar-refractivity contribution in [2.75, 3.05) is 13.2 Å². The van der Waals surface area contributed by atoms with E-state index < -0.39 is 0 Å². The van der Waals surface area contributed by atoms with Gasteiger partial charge in [-0.25, -0.2) is 0 Å². The molecule has 3 heteroatoms. The van der Waals surface area contributed by atoms with Gasteiger partial charge >= 0.3 is 0 Å². The third-order valence-corrected chi connectivity index (χ3v) is 3.25. The molecular formula is C15H24ClNO. The number of hydrogen-bond acceptors (Lipinski definition) is 2. The van der Waals surface area contributed by atoms with Crippen molar-refractivity contribution in [2.45, 2.75) is 46.3 Å². The molecule has 1 N–H and O–H groups in total. The van der Waals surface area contributed by atoms with Crippen LogP contribution in [-0.4, -0.2) is 19.3 Å². The lowest BCUT2D eigenvalue weighted by atomic mass is 10.0. The molecule has 1 atom stereocenters. The summed E-state index contributed by atoms with van der Waals surface area (Å²) in [6.45, 7) is 10.0. The summed E-state index contributed by atoms with van der Waals surface area (Å²) >= 11 is 6.07. The van der Waals surface area contributed by atoms with E-state index in [1.165, 1.54) is 5.56 Å². The summed E-state index contributed by atoms with van der Waals surface area (Å²) in [7, 11) is 0. The maximum atomic E-state index is 6.07. The predicted octanol–water partition coefficient (Wildman–Crippen LogP) is 4.11. The lowest BCUT2D eigenvalue weighted by molar-refractivity contribution is 0.0611. The first kappa shape index (κ1) is 15.5. The molecule has 2 nitrogen and oxygen atoms in total. The van der Waals surface area contributed by atoms with Crippen molar-refractivity contribution in [2.24, 2.45) is 0 Å². The lowest BCUT2D eigenvalue weighted by Gasteiger charge is -2.21. The Balaban J connectivity index is 2.76. The average Bonchev–Trinajstić information content (AvgIpc) is 2.33. The molecule has 0 aromatic heterocycles. The summed E-state index contributed by atoms with van der Waals surface area (Å²) in [6, 6.07) is 6.41. The molecule has 0 aliphatic heterocycles. The Hall–Kier alpha value is -0.570. The van der Waals surface area contributed by atoms with Gasteiger partial charge < -0.3 is 10.1 Å². The smallest absolute Gasteiger partial charge is 0.0664 e. The van der Waals surface area contributed by atoms with Crippen LogP contribution in [0, 0.1) is 6.92 Å². The average molecular weight is 270 g/mol. The van der Waals surface area contributed by atoms with Gasteiger partial charge in [0, 0.05) is 5.02 Å². The van der Waals surface area contributed by atoms with Gasteiger partial charge in [-0.15, -0.1) is 0 Å². The number of nitrogens with one attached hydrogen (secondary N) is 1. The summed E-state index contributed by atoms with van der Waals surface area (Å²) in [5.41, 5.74) is 2.35. The number of benzene rings is 1. The van der Waals surface area contributed by atoms with Gasteiger partial charge in [-0.05, 0) is 50.9 Å². The number of hydrogen-bond donors (Lipinski definition) is 1. The van der Waals surface area contributed by atoms with Crippen molar-refractivity contribution >= 4 is 11.6 Å². The van der Waals surface area contributed by atoms with Gasteiger partial charge in [-0.3, -0.25) is 0 Å². The zero-order valence-electron chi connectivity index (χ0n) is 11.8. The quantitative estimate of drug-likeness (QED) is 0.804. The molecule has 1 rings (SSSR count). The summed E-state index contributed by atoms with van der Waals surface area (Å²) in [6.07, 6.45) is 1.37. The highest BCUT2D eigenvalue weighted by atomic mass is 35.5. The molecule has 0 heterocycles. The molecular weight excluding hydrogens is 246 g/mol. The first-order valence-corrected chi connectivity index (χ1v) is 7.03. The molecule has 18 heavy (non-hydrogen) atoms. The first-order valence-electron chi connectivity index (χ1n) is 6.65. The van der Waals surface area contributed by atoms with Crippen LogP contribution in [0.4, 0.5) is 0 Å². The van der Waals surface area contributed by atoms with E-state index in [2.05, 4.69) is 38.2 Å². The van der Waals surface area contributed by atoms with Gasteiger partial charge in [-0.2, -0.15) is 0 Å². The van der Waals surface area contributed by atoms with Crippen molar-refractivity contribution in [1.82, 2.24) is 5.32 Å². The molecule has 0 fully saturated rings. The molecule has 0 bridgehead atoms. The zero-order chi connectivity index (χ0) is 13.5. The molecule has 0 aliphatic carbocycles. The molecule has 0 spiro atoms. The van der Waals surface area contributed by atoms with Crippen LogP contribution in [0.15, 0.2) is 18.2 Å². The van der Waals surface area contributed by atoms with Crippen LogP contribution in [0.2, 0.25) is 5.02 Å². The first-order chi connectivity index (χ1) is 8.54. The highest BCUT2D eigenvalue weighted by molar-refractivity contribution is 6.31. The van der Waals surface area contributed by atoms with E-state index in [9.17, 15) is 0 Å². The van der Waals surface area contributed by atoms with Crippen molar-refractivity contribution in [3.8, 4) is 0 Å². The molecule has 0 radical (unpaired) electrons. The van der Waals surface area contributed by atoms with E-state index in [-0.39, 0.29) is 12.1 Å². The Labute approximate surface area is 116 Å². The minimum absolute atomic E-state index is 0.239. The monoisotopic (exact) mass is 269 g/mol. The minimum atomic E-state index is 0.239. The van der Waals surface area contributed by atoms with Crippen LogP contribution < -0.4 is 5.32 Å². The summed E-state index contributed by atoms with van der Waals surface area (Å²) in [4.78, 5) is 0. The molecule has 0 aliphatic rings. The molecule has 0 amide bonds. The Bertz CT molecular complexity index is 366. The maximum absolute atomic E-state index is 6.07. The van der Waals surface area contributed by atoms with Gasteiger partial charge in [0.25, 0.3) is 0 Å². The van der Waals surface area contributed by atoms with Crippen LogP contribution >= 0.6 is 11.6 Å². The Morgan fingerprint density at radius 3 is 2.61 bits per heavy atom. The second-order valence-electron chi connectivity index (χ2n) is 4.90. The van der Waals surface area contributed by atoms with Crippen molar-refractivity contribution in [3.63, 3.8) is 0 Å². The van der Waals surface area contributed by atoms with Crippen LogP contribution in [-0.2, 0) is 4.74 Å². The van der Waals surface area contributed by atoms with Crippen molar-refractivity contribution < 1.29 is 4.74 Å². The van der Waals surface area contributed by atoms with E-state index in [0.29, 0.717) is 6.61 Å². The van der Waals surface area contributed by atoms with Gasteiger partial charge in [-0.1, -0.05) is 30.7 Å². The molecule has 1 unspecified atom stereocenters. The number of halogens is 1. The van der Waals surface area contributed by atoms with E-state index >= 15 is 0 Å². The largest absolute Gasteiger partial charge is 0.377 e. The Morgan fingerprint density at radius 2 is 2.06 bits per heavy atom.